The van der Waals surface area contributed by atoms with Crippen molar-refractivity contribution in [3.8, 4) is 0 Å². The van der Waals surface area contributed by atoms with Crippen molar-refractivity contribution < 1.29 is 8.95 Å². The first-order chi connectivity index (χ1) is 12.9. The quantitative estimate of drug-likeness (QED) is 0.153. The molecule has 7 nitrogen and oxygen atoms in total. The SMILES string of the molecule is CN=C/C=C\C=C\OC(=C/C=C/N(N)CC1CC1)/C(Br)=C/N.CNS(C)=O. The zero-order valence-corrected chi connectivity index (χ0v) is 18.4. The number of hydrazine groups is 1. The van der Waals surface area contributed by atoms with Crippen LogP contribution in [-0.4, -0.2) is 42.3 Å². The third-order valence-corrected chi connectivity index (χ3v) is 4.32. The van der Waals surface area contributed by atoms with Gasteiger partial charge in [-0.2, -0.15) is 0 Å². The van der Waals surface area contributed by atoms with Gasteiger partial charge >= 0.3 is 0 Å². The minimum atomic E-state index is -0.823. The number of nitrogens with one attached hydrogen (secondary N) is 1. The fraction of sp³-hybridized carbons (Fsp3) is 0.389. The number of nitrogens with two attached hydrogens (primary N) is 2. The van der Waals surface area contributed by atoms with Gasteiger partial charge in [0.05, 0.1) is 21.7 Å². The molecule has 1 unspecified atom stereocenters. The standard InChI is InChI=1S/C16H23BrN4O.C2H7NOS/c1-20-9-3-2-4-11-22-16(15(17)12-18)6-5-10-21(19)13-14-7-8-14;1-3-5(2)4/h2-6,9-12,14H,7-8,13,18-19H2,1H3;3H,1-2H3/b3-2-,10-5+,11-4+,15-12-,16-6+,20-9?;. The molecular formula is C18H30BrN5O2S. The van der Waals surface area contributed by atoms with E-state index in [0.717, 1.165) is 12.5 Å². The monoisotopic (exact) mass is 459 g/mol. The van der Waals surface area contributed by atoms with Crippen molar-refractivity contribution in [2.24, 2.45) is 22.5 Å². The summed E-state index contributed by atoms with van der Waals surface area (Å²) in [7, 11) is 2.54. The van der Waals surface area contributed by atoms with E-state index in [1.165, 1.54) is 19.0 Å². The summed E-state index contributed by atoms with van der Waals surface area (Å²) in [4.78, 5) is 3.84. The topological polar surface area (TPSA) is 106 Å². The van der Waals surface area contributed by atoms with Crippen LogP contribution in [-0.2, 0) is 15.7 Å². The van der Waals surface area contributed by atoms with E-state index >= 15 is 0 Å². The lowest BCUT2D eigenvalue weighted by Crippen LogP contribution is -2.26. The highest BCUT2D eigenvalue weighted by atomic mass is 79.9. The maximum atomic E-state index is 9.81. The van der Waals surface area contributed by atoms with Crippen LogP contribution in [0.2, 0.25) is 0 Å². The molecule has 5 N–H and O–H groups in total. The van der Waals surface area contributed by atoms with E-state index in [1.807, 2.05) is 18.4 Å². The molecule has 0 aromatic rings. The van der Waals surface area contributed by atoms with Crippen molar-refractivity contribution in [2.45, 2.75) is 12.8 Å². The van der Waals surface area contributed by atoms with Gasteiger partial charge in [-0.3, -0.25) is 4.99 Å². The second-order valence-corrected chi connectivity index (χ2v) is 7.59. The Morgan fingerprint density at radius 1 is 1.37 bits per heavy atom. The van der Waals surface area contributed by atoms with E-state index in [9.17, 15) is 4.21 Å². The molecule has 1 rings (SSSR count). The molecule has 0 amide bonds. The molecule has 9 heteroatoms. The molecule has 0 bridgehead atoms. The highest BCUT2D eigenvalue weighted by molar-refractivity contribution is 9.11. The lowest BCUT2D eigenvalue weighted by atomic mass is 10.4. The van der Waals surface area contributed by atoms with Gasteiger partial charge in [0.15, 0.2) is 0 Å². The Balaban J connectivity index is 0.00000119. The second-order valence-electron chi connectivity index (χ2n) is 5.42. The molecule has 1 aliphatic rings. The van der Waals surface area contributed by atoms with Gasteiger partial charge in [-0.15, -0.1) is 0 Å². The molecule has 0 saturated heterocycles. The fourth-order valence-corrected chi connectivity index (χ4v) is 1.74. The number of ether oxygens (including phenoxy) is 1. The number of allylic oxidation sites excluding steroid dienone is 6. The molecule has 1 fully saturated rings. The van der Waals surface area contributed by atoms with Crippen molar-refractivity contribution >= 4 is 33.1 Å². The maximum absolute atomic E-state index is 9.81. The fourth-order valence-electron chi connectivity index (χ4n) is 1.52. The molecule has 152 valence electrons. The summed E-state index contributed by atoms with van der Waals surface area (Å²) in [6.07, 6.45) is 19.6. The van der Waals surface area contributed by atoms with Gasteiger partial charge in [0.25, 0.3) is 0 Å². The van der Waals surface area contributed by atoms with Gasteiger partial charge in [0.1, 0.15) is 5.76 Å². The van der Waals surface area contributed by atoms with Crippen molar-refractivity contribution in [2.75, 3.05) is 26.9 Å². The lowest BCUT2D eigenvalue weighted by molar-refractivity contribution is 0.365. The van der Waals surface area contributed by atoms with Crippen LogP contribution in [0.1, 0.15) is 12.8 Å². The largest absolute Gasteiger partial charge is 0.464 e. The molecule has 1 saturated carbocycles. The number of rotatable bonds is 10. The number of aliphatic imine (C=N–C) groups is 1. The molecular weight excluding hydrogens is 430 g/mol. The van der Waals surface area contributed by atoms with Crippen LogP contribution >= 0.6 is 15.9 Å². The molecule has 0 aromatic heterocycles. The number of nitrogens with zero attached hydrogens (tertiary/aromatic N) is 2. The van der Waals surface area contributed by atoms with E-state index in [1.54, 1.807) is 56.1 Å². The highest BCUT2D eigenvalue weighted by Crippen LogP contribution is 2.29. The molecule has 0 aliphatic heterocycles. The first-order valence-corrected chi connectivity index (χ1v) is 10.7. The molecule has 0 heterocycles. The normalized spacial score (nSPS) is 16.9. The number of halogens is 1. The first kappa shape index (κ1) is 25.3. The molecule has 1 atom stereocenters. The first-order valence-electron chi connectivity index (χ1n) is 8.33. The number of hydrogen-bond donors (Lipinski definition) is 3. The Labute approximate surface area is 173 Å². The summed E-state index contributed by atoms with van der Waals surface area (Å²) in [5.74, 6) is 7.20. The number of hydrogen-bond acceptors (Lipinski definition) is 6. The minimum absolute atomic E-state index is 0.590. The third kappa shape index (κ3) is 16.2. The molecule has 1 aliphatic carbocycles. The van der Waals surface area contributed by atoms with Gasteiger partial charge in [0, 0.05) is 38.5 Å². The molecule has 0 spiro atoms. The smallest absolute Gasteiger partial charge is 0.142 e. The molecule has 0 radical (unpaired) electrons. The average Bonchev–Trinajstić information content (AvgIpc) is 3.46. The highest BCUT2D eigenvalue weighted by Gasteiger charge is 2.21. The van der Waals surface area contributed by atoms with E-state index in [4.69, 9.17) is 16.3 Å². The van der Waals surface area contributed by atoms with Crippen molar-refractivity contribution in [1.29, 1.82) is 0 Å². The van der Waals surface area contributed by atoms with Crippen molar-refractivity contribution in [1.82, 2.24) is 9.73 Å². The van der Waals surface area contributed by atoms with Gasteiger partial charge in [-0.25, -0.2) is 14.8 Å². The van der Waals surface area contributed by atoms with E-state index in [-0.39, 0.29) is 0 Å². The van der Waals surface area contributed by atoms with E-state index in [0.29, 0.717) is 10.2 Å². The second kappa shape index (κ2) is 16.5. The summed E-state index contributed by atoms with van der Waals surface area (Å²) in [5.41, 5.74) is 5.50. The van der Waals surface area contributed by atoms with Gasteiger partial charge in [0.2, 0.25) is 0 Å². The Morgan fingerprint density at radius 2 is 2.04 bits per heavy atom. The lowest BCUT2D eigenvalue weighted by Gasteiger charge is -2.11. The average molecular weight is 460 g/mol. The third-order valence-electron chi connectivity index (χ3n) is 3.09. The van der Waals surface area contributed by atoms with E-state index < -0.39 is 11.0 Å². The Morgan fingerprint density at radius 3 is 2.56 bits per heavy atom. The zero-order chi connectivity index (χ0) is 20.5. The van der Waals surface area contributed by atoms with Crippen LogP contribution in [0.25, 0.3) is 0 Å². The van der Waals surface area contributed by atoms with Gasteiger partial charge in [-0.1, -0.05) is 6.08 Å². The summed E-state index contributed by atoms with van der Waals surface area (Å²) in [6.45, 7) is 0.887. The minimum Gasteiger partial charge on any atom is -0.464 e. The van der Waals surface area contributed by atoms with Gasteiger partial charge in [-0.05, 0) is 66.0 Å². The van der Waals surface area contributed by atoms with Crippen LogP contribution in [0.5, 0.6) is 0 Å². The zero-order valence-electron chi connectivity index (χ0n) is 16.0. The van der Waals surface area contributed by atoms with Crippen LogP contribution in [0.3, 0.4) is 0 Å². The Kier molecular flexibility index (Phi) is 15.5. The summed E-state index contributed by atoms with van der Waals surface area (Å²) >= 11 is 3.35. The van der Waals surface area contributed by atoms with Crippen LogP contribution in [0, 0.1) is 5.92 Å². The maximum Gasteiger partial charge on any atom is 0.142 e. The Hall–Kier alpha value is -1.68. The van der Waals surface area contributed by atoms with Crippen molar-refractivity contribution in [3.63, 3.8) is 0 Å². The summed E-state index contributed by atoms with van der Waals surface area (Å²) in [6, 6.07) is 0. The van der Waals surface area contributed by atoms with Crippen LogP contribution in [0.15, 0.2) is 64.3 Å². The predicted molar refractivity (Wildman–Crippen MR) is 119 cm³/mol. The van der Waals surface area contributed by atoms with Crippen LogP contribution < -0.4 is 16.3 Å². The predicted octanol–water partition coefficient (Wildman–Crippen LogP) is 2.45. The summed E-state index contributed by atoms with van der Waals surface area (Å²) < 4.78 is 18.5. The van der Waals surface area contributed by atoms with Crippen molar-refractivity contribution in [3.05, 3.63) is 59.3 Å². The molecule has 0 aromatic carbocycles. The molecule has 27 heavy (non-hydrogen) atoms. The Bertz CT molecular complexity index is 611. The van der Waals surface area contributed by atoms with Crippen LogP contribution in [0.4, 0.5) is 0 Å². The van der Waals surface area contributed by atoms with Gasteiger partial charge < -0.3 is 15.5 Å². The summed E-state index contributed by atoms with van der Waals surface area (Å²) in [5, 5.41) is 1.69. The van der Waals surface area contributed by atoms with E-state index in [2.05, 4.69) is 25.6 Å².